The number of rotatable bonds is 8. The quantitative estimate of drug-likeness (QED) is 0.166. The van der Waals surface area contributed by atoms with Gasteiger partial charge in [-0.15, -0.1) is 0 Å². The van der Waals surface area contributed by atoms with Gasteiger partial charge in [-0.3, -0.25) is 19.8 Å². The van der Waals surface area contributed by atoms with E-state index in [1.165, 1.54) is 19.2 Å². The van der Waals surface area contributed by atoms with Crippen LogP contribution in [0.5, 0.6) is 5.75 Å². The second-order valence-corrected chi connectivity index (χ2v) is 11.8. The van der Waals surface area contributed by atoms with Crippen LogP contribution in [0.2, 0.25) is 0 Å². The van der Waals surface area contributed by atoms with E-state index in [1.807, 2.05) is 53.6 Å². The molecule has 0 aliphatic carbocycles. The van der Waals surface area contributed by atoms with Crippen molar-refractivity contribution in [2.45, 2.75) is 25.9 Å². The first-order valence-corrected chi connectivity index (χ1v) is 14.9. The number of nitro benzene ring substituents is 1. The Morgan fingerprint density at radius 1 is 1.10 bits per heavy atom. The molecule has 5 rings (SSSR count). The van der Waals surface area contributed by atoms with Crippen molar-refractivity contribution < 1.29 is 18.1 Å². The third-order valence-corrected chi connectivity index (χ3v) is 7.87. The Labute approximate surface area is 243 Å². The smallest absolute Gasteiger partial charge is 0.273 e. The monoisotopic (exact) mass is 592 g/mol. The van der Waals surface area contributed by atoms with Crippen molar-refractivity contribution in [3.05, 3.63) is 106 Å². The number of non-ortho nitro benzene ring substituents is 1. The van der Waals surface area contributed by atoms with E-state index in [4.69, 9.17) is 17.0 Å². The summed E-state index contributed by atoms with van der Waals surface area (Å²) >= 11 is 5.84. The van der Waals surface area contributed by atoms with E-state index in [-0.39, 0.29) is 17.8 Å². The Hall–Kier alpha value is -4.49. The lowest BCUT2D eigenvalue weighted by molar-refractivity contribution is -0.384. The highest BCUT2D eigenvalue weighted by atomic mass is 32.2. The lowest BCUT2D eigenvalue weighted by Gasteiger charge is -2.28. The predicted molar refractivity (Wildman–Crippen MR) is 161 cm³/mol. The first-order chi connectivity index (χ1) is 19.5. The molecule has 0 spiro atoms. The molecule has 4 aromatic rings. The Kier molecular flexibility index (Phi) is 7.41. The van der Waals surface area contributed by atoms with Gasteiger partial charge >= 0.3 is 0 Å². The van der Waals surface area contributed by atoms with Crippen LogP contribution in [0, 0.1) is 24.0 Å². The molecule has 0 unspecified atom stereocenters. The van der Waals surface area contributed by atoms with Crippen LogP contribution in [0.1, 0.15) is 34.7 Å². The Bertz CT molecular complexity index is 1740. The van der Waals surface area contributed by atoms with Crippen molar-refractivity contribution in [2.24, 2.45) is 0 Å². The molecule has 212 valence electrons. The third kappa shape index (κ3) is 5.45. The number of aryl methyl sites for hydroxylation is 1. The van der Waals surface area contributed by atoms with Gasteiger partial charge in [-0.25, -0.2) is 8.42 Å². The number of methoxy groups -OCH3 is 1. The number of aromatic nitrogens is 2. The standard InChI is InChI=1S/C28H28N6O5S2/c1-17-15-22(18(2)32(17)24-13-12-21(34(35)36)16-25(24)39-3)27-26(23-7-5-6-14-29-23)30-28(40)33(27)20-10-8-19(9-11-20)31-41(4,37)38/h5-16,26-27,31H,1-4H3,(H,30,40)/t26-,27-/m1/s1. The average Bonchev–Trinajstić information content (AvgIpc) is 3.43. The second-order valence-electron chi connectivity index (χ2n) is 9.69. The minimum Gasteiger partial charge on any atom is -0.494 e. The van der Waals surface area contributed by atoms with Crippen molar-refractivity contribution in [3.8, 4) is 11.4 Å². The molecule has 3 heterocycles. The maximum atomic E-state index is 11.7. The largest absolute Gasteiger partial charge is 0.494 e. The second kappa shape index (κ2) is 10.8. The highest BCUT2D eigenvalue weighted by Gasteiger charge is 2.42. The summed E-state index contributed by atoms with van der Waals surface area (Å²) in [4.78, 5) is 17.5. The zero-order chi connectivity index (χ0) is 29.5. The molecule has 1 aliphatic heterocycles. The van der Waals surface area contributed by atoms with Crippen molar-refractivity contribution in [1.82, 2.24) is 14.9 Å². The summed E-state index contributed by atoms with van der Waals surface area (Å²) < 4.78 is 33.5. The number of nitrogens with zero attached hydrogens (tertiary/aromatic N) is 4. The minimum atomic E-state index is -3.43. The number of ether oxygens (including phenoxy) is 1. The molecule has 0 radical (unpaired) electrons. The van der Waals surface area contributed by atoms with Gasteiger partial charge in [0.1, 0.15) is 5.75 Å². The number of nitrogens with one attached hydrogen (secondary N) is 2. The lowest BCUT2D eigenvalue weighted by Crippen LogP contribution is -2.29. The predicted octanol–water partition coefficient (Wildman–Crippen LogP) is 4.95. The maximum absolute atomic E-state index is 11.7. The van der Waals surface area contributed by atoms with Gasteiger partial charge in [0, 0.05) is 35.0 Å². The fraction of sp³-hybridized carbons (Fsp3) is 0.214. The molecular weight excluding hydrogens is 564 g/mol. The first-order valence-electron chi connectivity index (χ1n) is 12.6. The number of anilines is 2. The Morgan fingerprint density at radius 2 is 1.83 bits per heavy atom. The number of nitro groups is 1. The van der Waals surface area contributed by atoms with Crippen LogP contribution in [0.3, 0.4) is 0 Å². The number of thiocarbonyl (C=S) groups is 1. The number of sulfonamides is 1. The molecule has 0 amide bonds. The summed E-state index contributed by atoms with van der Waals surface area (Å²) in [6.07, 6.45) is 2.83. The van der Waals surface area contributed by atoms with Gasteiger partial charge in [0.2, 0.25) is 10.0 Å². The number of hydrogen-bond donors (Lipinski definition) is 2. The fourth-order valence-corrected chi connectivity index (χ4v) is 6.19. The molecule has 41 heavy (non-hydrogen) atoms. The van der Waals surface area contributed by atoms with Crippen LogP contribution in [-0.4, -0.2) is 41.4 Å². The van der Waals surface area contributed by atoms with Crippen molar-refractivity contribution in [1.29, 1.82) is 0 Å². The Morgan fingerprint density at radius 3 is 2.44 bits per heavy atom. The number of benzene rings is 2. The van der Waals surface area contributed by atoms with Gasteiger partial charge in [0.05, 0.1) is 47.8 Å². The SMILES string of the molecule is COc1cc([N+](=O)[O-])ccc1-n1c(C)cc([C@@H]2[C@@H](c3ccccn3)NC(=S)N2c2ccc(NS(C)(=O)=O)cc2)c1C. The molecule has 1 aliphatic rings. The fourth-order valence-electron chi connectivity index (χ4n) is 5.28. The van der Waals surface area contributed by atoms with Gasteiger partial charge in [-0.05, 0) is 80.2 Å². The van der Waals surface area contributed by atoms with Crippen molar-refractivity contribution in [3.63, 3.8) is 0 Å². The van der Waals surface area contributed by atoms with Crippen LogP contribution < -0.4 is 19.7 Å². The lowest BCUT2D eigenvalue weighted by atomic mass is 9.96. The van der Waals surface area contributed by atoms with Gasteiger partial charge in [0.15, 0.2) is 5.11 Å². The van der Waals surface area contributed by atoms with Gasteiger partial charge < -0.3 is 19.5 Å². The minimum absolute atomic E-state index is 0.0613. The zero-order valence-electron chi connectivity index (χ0n) is 22.7. The molecule has 13 heteroatoms. The molecule has 2 N–H and O–H groups in total. The van der Waals surface area contributed by atoms with Crippen LogP contribution in [0.4, 0.5) is 17.1 Å². The van der Waals surface area contributed by atoms with Gasteiger partial charge in [0.25, 0.3) is 5.69 Å². The Balaban J connectivity index is 1.64. The highest BCUT2D eigenvalue weighted by Crippen LogP contribution is 2.44. The maximum Gasteiger partial charge on any atom is 0.273 e. The van der Waals surface area contributed by atoms with Crippen molar-refractivity contribution in [2.75, 3.05) is 23.0 Å². The van der Waals surface area contributed by atoms with Crippen molar-refractivity contribution >= 4 is 44.4 Å². The van der Waals surface area contributed by atoms with Crippen LogP contribution in [0.25, 0.3) is 5.69 Å². The molecule has 11 nitrogen and oxygen atoms in total. The topological polar surface area (TPSA) is 132 Å². The molecule has 1 saturated heterocycles. The molecule has 1 fully saturated rings. The normalized spacial score (nSPS) is 16.9. The molecule has 0 saturated carbocycles. The molecular formula is C28H28N6O5S2. The van der Waals surface area contributed by atoms with E-state index in [0.29, 0.717) is 22.2 Å². The summed E-state index contributed by atoms with van der Waals surface area (Å²) in [6.45, 7) is 3.95. The van der Waals surface area contributed by atoms with Crippen LogP contribution in [0.15, 0.2) is 72.9 Å². The molecule has 0 bridgehead atoms. The first kappa shape index (κ1) is 28.1. The van der Waals surface area contributed by atoms with Gasteiger partial charge in [-0.2, -0.15) is 0 Å². The summed E-state index contributed by atoms with van der Waals surface area (Å²) in [5.74, 6) is 0.375. The highest BCUT2D eigenvalue weighted by molar-refractivity contribution is 7.92. The van der Waals surface area contributed by atoms with E-state index in [2.05, 4.69) is 21.1 Å². The summed E-state index contributed by atoms with van der Waals surface area (Å²) in [5.41, 5.74) is 5.37. The van der Waals surface area contributed by atoms with Crippen LogP contribution >= 0.6 is 12.2 Å². The van der Waals surface area contributed by atoms with Gasteiger partial charge in [-0.1, -0.05) is 6.07 Å². The van der Waals surface area contributed by atoms with E-state index >= 15 is 0 Å². The van der Waals surface area contributed by atoms with E-state index in [0.717, 1.165) is 34.6 Å². The molecule has 2 atom stereocenters. The van der Waals surface area contributed by atoms with E-state index in [9.17, 15) is 18.5 Å². The van der Waals surface area contributed by atoms with E-state index < -0.39 is 14.9 Å². The number of hydrogen-bond acceptors (Lipinski definition) is 7. The van der Waals surface area contributed by atoms with E-state index in [1.54, 1.807) is 24.4 Å². The summed E-state index contributed by atoms with van der Waals surface area (Å²) in [6, 6.07) is 18.7. The number of pyridine rings is 1. The van der Waals surface area contributed by atoms with Crippen LogP contribution in [-0.2, 0) is 10.0 Å². The zero-order valence-corrected chi connectivity index (χ0v) is 24.4. The average molecular weight is 593 g/mol. The summed E-state index contributed by atoms with van der Waals surface area (Å²) in [5, 5.41) is 15.3. The third-order valence-electron chi connectivity index (χ3n) is 6.95. The molecule has 2 aromatic carbocycles. The summed E-state index contributed by atoms with van der Waals surface area (Å²) in [7, 11) is -1.94. The molecule has 2 aromatic heterocycles.